The van der Waals surface area contributed by atoms with Gasteiger partial charge in [0.05, 0.1) is 11.5 Å². The molecular formula is C13H21NO3S. The number of aliphatic hydroxyl groups excluding tert-OH is 1. The van der Waals surface area contributed by atoms with Crippen LogP contribution in [0.5, 0.6) is 0 Å². The van der Waals surface area contributed by atoms with Crippen LogP contribution in [-0.4, -0.2) is 26.7 Å². The van der Waals surface area contributed by atoms with E-state index in [2.05, 4.69) is 18.6 Å². The van der Waals surface area contributed by atoms with Crippen LogP contribution in [0.1, 0.15) is 38.2 Å². The molecule has 0 unspecified atom stereocenters. The first-order chi connectivity index (χ1) is 8.55. The van der Waals surface area contributed by atoms with E-state index in [4.69, 9.17) is 5.11 Å². The molecule has 0 radical (unpaired) electrons. The number of hydrogen-bond acceptors (Lipinski definition) is 3. The number of aliphatic hydroxyl groups is 1. The van der Waals surface area contributed by atoms with Crippen LogP contribution in [-0.2, 0) is 10.0 Å². The van der Waals surface area contributed by atoms with Crippen molar-refractivity contribution in [3.05, 3.63) is 29.8 Å². The molecule has 0 aliphatic heterocycles. The summed E-state index contributed by atoms with van der Waals surface area (Å²) in [4.78, 5) is 0.241. The van der Waals surface area contributed by atoms with Gasteiger partial charge in [0, 0.05) is 6.54 Å². The first kappa shape index (κ1) is 15.1. The molecule has 0 aliphatic carbocycles. The Labute approximate surface area is 109 Å². The quantitative estimate of drug-likeness (QED) is 0.795. The second-order valence-corrected chi connectivity index (χ2v) is 5.97. The summed E-state index contributed by atoms with van der Waals surface area (Å²) in [6, 6.07) is 6.97. The molecule has 0 heterocycles. The number of hydrogen-bond donors (Lipinski definition) is 2. The van der Waals surface area contributed by atoms with Gasteiger partial charge in [-0.3, -0.25) is 0 Å². The predicted molar refractivity (Wildman–Crippen MR) is 72.0 cm³/mol. The topological polar surface area (TPSA) is 66.4 Å². The minimum absolute atomic E-state index is 0.0383. The van der Waals surface area contributed by atoms with Gasteiger partial charge in [-0.15, -0.1) is 0 Å². The minimum Gasteiger partial charge on any atom is -0.395 e. The largest absolute Gasteiger partial charge is 0.395 e. The van der Waals surface area contributed by atoms with E-state index in [9.17, 15) is 8.42 Å². The second-order valence-electron chi connectivity index (χ2n) is 4.20. The second kappa shape index (κ2) is 6.87. The molecule has 18 heavy (non-hydrogen) atoms. The van der Waals surface area contributed by atoms with Gasteiger partial charge in [-0.05, 0) is 36.5 Å². The van der Waals surface area contributed by atoms with Gasteiger partial charge < -0.3 is 5.11 Å². The fourth-order valence-corrected chi connectivity index (χ4v) is 2.96. The summed E-state index contributed by atoms with van der Waals surface area (Å²) in [5.74, 6) is 0.479. The van der Waals surface area contributed by atoms with Crippen LogP contribution < -0.4 is 4.72 Å². The lowest BCUT2D eigenvalue weighted by Crippen LogP contribution is -2.26. The molecule has 1 rings (SSSR count). The van der Waals surface area contributed by atoms with E-state index >= 15 is 0 Å². The number of rotatable bonds is 7. The molecular weight excluding hydrogens is 250 g/mol. The highest BCUT2D eigenvalue weighted by Crippen LogP contribution is 2.23. The Balaban J connectivity index is 2.88. The highest BCUT2D eigenvalue weighted by molar-refractivity contribution is 7.89. The molecule has 4 nitrogen and oxygen atoms in total. The van der Waals surface area contributed by atoms with Crippen LogP contribution in [0.2, 0.25) is 0 Å². The Kier molecular flexibility index (Phi) is 5.78. The fourth-order valence-electron chi connectivity index (χ4n) is 1.94. The summed E-state index contributed by atoms with van der Waals surface area (Å²) in [5.41, 5.74) is 1.17. The molecule has 0 fully saturated rings. The lowest BCUT2D eigenvalue weighted by Gasteiger charge is -2.13. The van der Waals surface area contributed by atoms with Crippen molar-refractivity contribution in [1.29, 1.82) is 0 Å². The molecule has 0 spiro atoms. The van der Waals surface area contributed by atoms with Crippen LogP contribution in [0, 0.1) is 0 Å². The molecule has 1 aromatic rings. The lowest BCUT2D eigenvalue weighted by atomic mass is 9.94. The van der Waals surface area contributed by atoms with Crippen molar-refractivity contribution < 1.29 is 13.5 Å². The monoisotopic (exact) mass is 271 g/mol. The van der Waals surface area contributed by atoms with Gasteiger partial charge in [0.15, 0.2) is 0 Å². The smallest absolute Gasteiger partial charge is 0.240 e. The van der Waals surface area contributed by atoms with Crippen molar-refractivity contribution in [2.24, 2.45) is 0 Å². The van der Waals surface area contributed by atoms with Crippen LogP contribution in [0.3, 0.4) is 0 Å². The van der Waals surface area contributed by atoms with E-state index < -0.39 is 10.0 Å². The standard InChI is InChI=1S/C13H21NO3S/c1-3-11(4-2)12-5-7-13(8-6-12)18(16,17)14-9-10-15/h5-8,11,14-15H,3-4,9-10H2,1-2H3. The van der Waals surface area contributed by atoms with Crippen molar-refractivity contribution in [1.82, 2.24) is 4.72 Å². The first-order valence-electron chi connectivity index (χ1n) is 6.25. The zero-order valence-electron chi connectivity index (χ0n) is 10.9. The van der Waals surface area contributed by atoms with Crippen molar-refractivity contribution in [3.63, 3.8) is 0 Å². The highest BCUT2D eigenvalue weighted by Gasteiger charge is 2.14. The Bertz CT molecular complexity index is 450. The number of nitrogens with one attached hydrogen (secondary N) is 1. The Morgan fingerprint density at radius 1 is 1.17 bits per heavy atom. The van der Waals surface area contributed by atoms with Crippen LogP contribution >= 0.6 is 0 Å². The third kappa shape index (κ3) is 3.80. The van der Waals surface area contributed by atoms with Gasteiger partial charge in [-0.1, -0.05) is 26.0 Å². The normalized spacial score (nSPS) is 12.0. The summed E-state index contributed by atoms with van der Waals surface area (Å²) in [7, 11) is -3.49. The highest BCUT2D eigenvalue weighted by atomic mass is 32.2. The molecule has 0 saturated heterocycles. The molecule has 1 aromatic carbocycles. The van der Waals surface area contributed by atoms with Gasteiger partial charge in [0.2, 0.25) is 10.0 Å². The first-order valence-corrected chi connectivity index (χ1v) is 7.74. The van der Waals surface area contributed by atoms with Gasteiger partial charge in [0.1, 0.15) is 0 Å². The third-order valence-electron chi connectivity index (χ3n) is 3.05. The van der Waals surface area contributed by atoms with E-state index in [0.717, 1.165) is 12.8 Å². The summed E-state index contributed by atoms with van der Waals surface area (Å²) in [6.45, 7) is 4.09. The Morgan fingerprint density at radius 3 is 2.17 bits per heavy atom. The van der Waals surface area contributed by atoms with Crippen molar-refractivity contribution >= 4 is 10.0 Å². The molecule has 102 valence electrons. The summed E-state index contributed by atoms with van der Waals surface area (Å²) in [6.07, 6.45) is 2.09. The summed E-state index contributed by atoms with van der Waals surface area (Å²) < 4.78 is 25.9. The molecule has 0 aromatic heterocycles. The van der Waals surface area contributed by atoms with E-state index in [1.165, 1.54) is 5.56 Å². The van der Waals surface area contributed by atoms with Crippen molar-refractivity contribution in [3.8, 4) is 0 Å². The molecule has 0 aliphatic rings. The zero-order valence-corrected chi connectivity index (χ0v) is 11.7. The molecule has 2 N–H and O–H groups in total. The van der Waals surface area contributed by atoms with Gasteiger partial charge in [0.25, 0.3) is 0 Å². The van der Waals surface area contributed by atoms with Gasteiger partial charge >= 0.3 is 0 Å². The van der Waals surface area contributed by atoms with E-state index in [0.29, 0.717) is 5.92 Å². The maximum Gasteiger partial charge on any atom is 0.240 e. The molecule has 5 heteroatoms. The maximum atomic E-state index is 11.8. The number of benzene rings is 1. The fraction of sp³-hybridized carbons (Fsp3) is 0.538. The average Bonchev–Trinajstić information content (AvgIpc) is 2.38. The summed E-state index contributed by atoms with van der Waals surface area (Å²) >= 11 is 0. The average molecular weight is 271 g/mol. The summed E-state index contributed by atoms with van der Waals surface area (Å²) in [5, 5.41) is 8.63. The molecule has 0 atom stereocenters. The van der Waals surface area contributed by atoms with Gasteiger partial charge in [-0.2, -0.15) is 0 Å². The predicted octanol–water partition coefficient (Wildman–Crippen LogP) is 1.86. The minimum atomic E-state index is -3.49. The van der Waals surface area contributed by atoms with Crippen molar-refractivity contribution in [2.75, 3.05) is 13.2 Å². The molecule has 0 saturated carbocycles. The van der Waals surface area contributed by atoms with Gasteiger partial charge in [-0.25, -0.2) is 13.1 Å². The molecule has 0 bridgehead atoms. The number of sulfonamides is 1. The molecule has 0 amide bonds. The van der Waals surface area contributed by atoms with E-state index in [1.54, 1.807) is 12.1 Å². The van der Waals surface area contributed by atoms with Crippen molar-refractivity contribution in [2.45, 2.75) is 37.5 Å². The maximum absolute atomic E-state index is 11.8. The van der Waals surface area contributed by atoms with Crippen LogP contribution in [0.4, 0.5) is 0 Å². The van der Waals surface area contributed by atoms with Crippen LogP contribution in [0.15, 0.2) is 29.2 Å². The zero-order chi connectivity index (χ0) is 13.6. The SMILES string of the molecule is CCC(CC)c1ccc(S(=O)(=O)NCCO)cc1. The van der Waals surface area contributed by atoms with Crippen LogP contribution in [0.25, 0.3) is 0 Å². The Hall–Kier alpha value is -0.910. The third-order valence-corrected chi connectivity index (χ3v) is 4.53. The lowest BCUT2D eigenvalue weighted by molar-refractivity contribution is 0.301. The Morgan fingerprint density at radius 2 is 1.72 bits per heavy atom. The van der Waals surface area contributed by atoms with E-state index in [1.807, 2.05) is 12.1 Å². The van der Waals surface area contributed by atoms with E-state index in [-0.39, 0.29) is 18.0 Å².